The highest BCUT2D eigenvalue weighted by Gasteiger charge is 2.36. The average molecular weight is 333 g/mol. The molecule has 0 spiro atoms. The highest BCUT2D eigenvalue weighted by Crippen LogP contribution is 2.29. The van der Waals surface area contributed by atoms with Crippen molar-refractivity contribution in [3.8, 4) is 0 Å². The molecule has 1 amide bonds. The second kappa shape index (κ2) is 9.30. The van der Waals surface area contributed by atoms with Crippen LogP contribution >= 0.6 is 0 Å². The first kappa shape index (κ1) is 18.3. The fourth-order valence-corrected chi connectivity index (χ4v) is 3.46. The minimum Gasteiger partial charge on any atom is -0.480 e. The van der Waals surface area contributed by atoms with Crippen LogP contribution in [-0.2, 0) is 16.1 Å². The molecule has 1 aromatic carbocycles. The molecular weight excluding hydrogens is 306 g/mol. The van der Waals surface area contributed by atoms with Crippen molar-refractivity contribution in [2.75, 3.05) is 6.54 Å². The number of carboxylic acids is 1. The van der Waals surface area contributed by atoms with Crippen molar-refractivity contribution >= 4 is 12.1 Å². The van der Waals surface area contributed by atoms with Crippen LogP contribution in [0.2, 0.25) is 0 Å². The van der Waals surface area contributed by atoms with Crippen molar-refractivity contribution in [1.29, 1.82) is 0 Å². The number of hydrogen-bond acceptors (Lipinski definition) is 3. The van der Waals surface area contributed by atoms with Gasteiger partial charge in [0.15, 0.2) is 0 Å². The summed E-state index contributed by atoms with van der Waals surface area (Å²) in [7, 11) is 0. The largest absolute Gasteiger partial charge is 0.480 e. The number of ether oxygens (including phenoxy) is 1. The molecule has 1 aliphatic carbocycles. The van der Waals surface area contributed by atoms with E-state index < -0.39 is 18.1 Å². The van der Waals surface area contributed by atoms with Gasteiger partial charge in [-0.05, 0) is 31.2 Å². The molecule has 5 heteroatoms. The van der Waals surface area contributed by atoms with Gasteiger partial charge in [-0.3, -0.25) is 4.90 Å². The molecule has 132 valence electrons. The summed E-state index contributed by atoms with van der Waals surface area (Å²) in [6, 6.07) is 8.62. The van der Waals surface area contributed by atoms with Gasteiger partial charge in [-0.25, -0.2) is 9.59 Å². The van der Waals surface area contributed by atoms with Gasteiger partial charge < -0.3 is 9.84 Å². The quantitative estimate of drug-likeness (QED) is 0.797. The van der Waals surface area contributed by atoms with Gasteiger partial charge in [-0.1, -0.05) is 56.0 Å². The van der Waals surface area contributed by atoms with E-state index in [1.54, 1.807) is 6.92 Å². The van der Waals surface area contributed by atoms with Crippen LogP contribution in [0, 0.1) is 5.92 Å². The fraction of sp³-hybridized carbons (Fsp3) is 0.579. The molecule has 0 heterocycles. The van der Waals surface area contributed by atoms with E-state index in [-0.39, 0.29) is 12.5 Å². The molecular formula is C19H27NO4. The lowest BCUT2D eigenvalue weighted by Gasteiger charge is -2.32. The maximum atomic E-state index is 12.5. The third-order valence-corrected chi connectivity index (χ3v) is 4.72. The second-order valence-electron chi connectivity index (χ2n) is 6.36. The van der Waals surface area contributed by atoms with Crippen LogP contribution in [0.25, 0.3) is 0 Å². The number of nitrogens with zero attached hydrogens (tertiary/aromatic N) is 1. The van der Waals surface area contributed by atoms with Crippen LogP contribution in [0.4, 0.5) is 4.79 Å². The summed E-state index contributed by atoms with van der Waals surface area (Å²) in [5, 5.41) is 9.70. The van der Waals surface area contributed by atoms with Crippen molar-refractivity contribution in [2.24, 2.45) is 5.92 Å². The Morgan fingerprint density at radius 1 is 1.17 bits per heavy atom. The fourth-order valence-electron chi connectivity index (χ4n) is 3.46. The van der Waals surface area contributed by atoms with Gasteiger partial charge in [-0.15, -0.1) is 0 Å². The van der Waals surface area contributed by atoms with Gasteiger partial charge in [-0.2, -0.15) is 0 Å². The number of rotatable bonds is 6. The van der Waals surface area contributed by atoms with E-state index in [2.05, 4.69) is 0 Å². The molecule has 1 N–H and O–H groups in total. The van der Waals surface area contributed by atoms with E-state index in [1.165, 1.54) is 4.90 Å². The van der Waals surface area contributed by atoms with Crippen molar-refractivity contribution in [2.45, 2.75) is 58.1 Å². The monoisotopic (exact) mass is 333 g/mol. The maximum absolute atomic E-state index is 12.5. The number of carbonyl (C=O) groups is 2. The van der Waals surface area contributed by atoms with Crippen molar-refractivity contribution < 1.29 is 19.4 Å². The molecule has 1 fully saturated rings. The molecule has 1 aliphatic rings. The molecule has 0 saturated heterocycles. The number of benzene rings is 1. The molecule has 2 rings (SSSR count). The number of amides is 1. The lowest BCUT2D eigenvalue weighted by atomic mass is 9.91. The standard InChI is InChI=1S/C19H27NO4/c1-2-20(19(23)24-14-15-10-6-5-7-11-15)17(18(21)22)16-12-8-3-4-9-13-16/h5-7,10-11,16-17H,2-4,8-9,12-14H2,1H3,(H,21,22). The third kappa shape index (κ3) is 4.98. The van der Waals surface area contributed by atoms with Gasteiger partial charge >= 0.3 is 12.1 Å². The van der Waals surface area contributed by atoms with E-state index in [4.69, 9.17) is 4.74 Å². The molecule has 0 bridgehead atoms. The predicted octanol–water partition coefficient (Wildman–Crippen LogP) is 4.07. The molecule has 1 aromatic rings. The molecule has 0 radical (unpaired) electrons. The Kier molecular flexibility index (Phi) is 7.09. The normalized spacial score (nSPS) is 16.9. The van der Waals surface area contributed by atoms with Crippen LogP contribution < -0.4 is 0 Å². The van der Waals surface area contributed by atoms with E-state index in [0.717, 1.165) is 44.1 Å². The number of hydrogen-bond donors (Lipinski definition) is 1. The highest BCUT2D eigenvalue weighted by atomic mass is 16.6. The van der Waals surface area contributed by atoms with Crippen molar-refractivity contribution in [3.05, 3.63) is 35.9 Å². The van der Waals surface area contributed by atoms with Crippen LogP contribution in [0.15, 0.2) is 30.3 Å². The Morgan fingerprint density at radius 3 is 2.33 bits per heavy atom. The molecule has 24 heavy (non-hydrogen) atoms. The van der Waals surface area contributed by atoms with Crippen LogP contribution in [0.3, 0.4) is 0 Å². The Balaban J connectivity index is 2.04. The number of carboxylic acid groups (broad SMARTS) is 1. The molecule has 5 nitrogen and oxygen atoms in total. The summed E-state index contributed by atoms with van der Waals surface area (Å²) in [5.41, 5.74) is 0.892. The summed E-state index contributed by atoms with van der Waals surface area (Å²) in [4.78, 5) is 25.7. The molecule has 1 saturated carbocycles. The summed E-state index contributed by atoms with van der Waals surface area (Å²) >= 11 is 0. The lowest BCUT2D eigenvalue weighted by molar-refractivity contribution is -0.145. The van der Waals surface area contributed by atoms with Crippen LogP contribution in [0.5, 0.6) is 0 Å². The van der Waals surface area contributed by atoms with Gasteiger partial charge in [0, 0.05) is 6.54 Å². The Hall–Kier alpha value is -2.04. The predicted molar refractivity (Wildman–Crippen MR) is 91.6 cm³/mol. The summed E-state index contributed by atoms with van der Waals surface area (Å²) in [6.07, 6.45) is 5.54. The van der Waals surface area contributed by atoms with E-state index in [0.29, 0.717) is 6.54 Å². The smallest absolute Gasteiger partial charge is 0.410 e. The van der Waals surface area contributed by atoms with E-state index >= 15 is 0 Å². The average Bonchev–Trinajstić information content (AvgIpc) is 2.87. The minimum absolute atomic E-state index is 0.00854. The van der Waals surface area contributed by atoms with Crippen molar-refractivity contribution in [1.82, 2.24) is 4.90 Å². The zero-order valence-corrected chi connectivity index (χ0v) is 14.3. The minimum atomic E-state index is -0.930. The third-order valence-electron chi connectivity index (χ3n) is 4.72. The second-order valence-corrected chi connectivity index (χ2v) is 6.36. The first-order valence-corrected chi connectivity index (χ1v) is 8.83. The van der Waals surface area contributed by atoms with Gasteiger partial charge in [0.25, 0.3) is 0 Å². The highest BCUT2D eigenvalue weighted by molar-refractivity contribution is 5.80. The summed E-state index contributed by atoms with van der Waals surface area (Å²) in [5.74, 6) is -0.922. The molecule has 1 unspecified atom stereocenters. The van der Waals surface area contributed by atoms with E-state index in [9.17, 15) is 14.7 Å². The Labute approximate surface area is 143 Å². The Bertz CT molecular complexity index is 523. The van der Waals surface area contributed by atoms with Gasteiger partial charge in [0.05, 0.1) is 0 Å². The lowest BCUT2D eigenvalue weighted by Crippen LogP contribution is -2.49. The SMILES string of the molecule is CCN(C(=O)OCc1ccccc1)C(C(=O)O)C1CCCCCC1. The van der Waals surface area contributed by atoms with Gasteiger partial charge in [0.1, 0.15) is 12.6 Å². The van der Waals surface area contributed by atoms with Crippen LogP contribution in [-0.4, -0.2) is 34.7 Å². The summed E-state index contributed by atoms with van der Waals surface area (Å²) in [6.45, 7) is 2.30. The molecule has 0 aromatic heterocycles. The van der Waals surface area contributed by atoms with E-state index in [1.807, 2.05) is 30.3 Å². The molecule has 0 aliphatic heterocycles. The van der Waals surface area contributed by atoms with Crippen molar-refractivity contribution in [3.63, 3.8) is 0 Å². The number of aliphatic carboxylic acids is 1. The molecule has 1 atom stereocenters. The van der Waals surface area contributed by atoms with Gasteiger partial charge in [0.2, 0.25) is 0 Å². The van der Waals surface area contributed by atoms with Crippen LogP contribution in [0.1, 0.15) is 51.0 Å². The first-order chi connectivity index (χ1) is 11.6. The number of carbonyl (C=O) groups excluding carboxylic acids is 1. The maximum Gasteiger partial charge on any atom is 0.410 e. The zero-order chi connectivity index (χ0) is 17.4. The Morgan fingerprint density at radius 2 is 1.79 bits per heavy atom. The zero-order valence-electron chi connectivity index (χ0n) is 14.3. The summed E-state index contributed by atoms with van der Waals surface area (Å²) < 4.78 is 5.36. The first-order valence-electron chi connectivity index (χ1n) is 8.83. The topological polar surface area (TPSA) is 66.8 Å². The number of likely N-dealkylation sites (N-methyl/N-ethyl adjacent to an activating group) is 1.